The molecule has 3 nitrogen and oxygen atoms in total. The third-order valence-electron chi connectivity index (χ3n) is 2.84. The fourth-order valence-electron chi connectivity index (χ4n) is 1.89. The first kappa shape index (κ1) is 11.7. The number of nitrogens with two attached hydrogens (primary N) is 1. The molecule has 1 saturated heterocycles. The quantitative estimate of drug-likeness (QED) is 0.858. The molecular formula is C12H19N3S. The molecule has 1 atom stereocenters. The minimum absolute atomic E-state index is 0.414. The van der Waals surface area contributed by atoms with Crippen LogP contribution in [0, 0.1) is 0 Å². The summed E-state index contributed by atoms with van der Waals surface area (Å²) in [4.78, 5) is 9.03. The Morgan fingerprint density at radius 2 is 2.19 bits per heavy atom. The highest BCUT2D eigenvalue weighted by molar-refractivity contribution is 7.99. The number of hydrogen-bond donors (Lipinski definition) is 1. The Morgan fingerprint density at radius 3 is 2.81 bits per heavy atom. The molecule has 1 fully saturated rings. The Bertz CT molecular complexity index is 359. The predicted molar refractivity (Wildman–Crippen MR) is 69.6 cm³/mol. The normalized spacial score (nSPS) is 21.3. The molecule has 2 N–H and O–H groups in total. The van der Waals surface area contributed by atoms with Gasteiger partial charge in [0.05, 0.1) is 5.25 Å². The third-order valence-corrected chi connectivity index (χ3v) is 4.22. The first-order chi connectivity index (χ1) is 7.66. The van der Waals surface area contributed by atoms with E-state index in [1.807, 2.05) is 17.8 Å². The van der Waals surface area contributed by atoms with Gasteiger partial charge in [0.15, 0.2) is 0 Å². The van der Waals surface area contributed by atoms with Crippen LogP contribution in [0.1, 0.15) is 55.8 Å². The summed E-state index contributed by atoms with van der Waals surface area (Å²) >= 11 is 1.96. The van der Waals surface area contributed by atoms with E-state index in [9.17, 15) is 0 Å². The Balaban J connectivity index is 2.25. The van der Waals surface area contributed by atoms with Crippen molar-refractivity contribution in [2.24, 2.45) is 0 Å². The SMILES string of the molecule is CC(C)c1cc(N)nc(C2CCCCS2)n1. The highest BCUT2D eigenvalue weighted by Crippen LogP contribution is 2.37. The number of rotatable bonds is 2. The minimum atomic E-state index is 0.414. The second kappa shape index (κ2) is 5.04. The fourth-order valence-corrected chi connectivity index (χ4v) is 3.13. The first-order valence-corrected chi connectivity index (χ1v) is 6.97. The van der Waals surface area contributed by atoms with E-state index >= 15 is 0 Å². The molecule has 4 heteroatoms. The highest BCUT2D eigenvalue weighted by atomic mass is 32.2. The van der Waals surface area contributed by atoms with Crippen LogP contribution < -0.4 is 5.73 Å². The molecule has 1 aliphatic rings. The molecule has 16 heavy (non-hydrogen) atoms. The van der Waals surface area contributed by atoms with Gasteiger partial charge in [-0.2, -0.15) is 11.8 Å². The van der Waals surface area contributed by atoms with Gasteiger partial charge in [0.2, 0.25) is 0 Å². The van der Waals surface area contributed by atoms with E-state index in [1.54, 1.807) is 0 Å². The van der Waals surface area contributed by atoms with Crippen molar-refractivity contribution >= 4 is 17.6 Å². The predicted octanol–water partition coefficient (Wildman–Crippen LogP) is 3.14. The molecule has 1 aliphatic heterocycles. The standard InChI is InChI=1S/C12H19N3S/c1-8(2)9-7-11(13)15-12(14-9)10-5-3-4-6-16-10/h7-8,10H,3-6H2,1-2H3,(H2,13,14,15). The van der Waals surface area contributed by atoms with Gasteiger partial charge in [-0.1, -0.05) is 20.3 Å². The van der Waals surface area contributed by atoms with E-state index in [4.69, 9.17) is 5.73 Å². The van der Waals surface area contributed by atoms with Crippen molar-refractivity contribution in [1.82, 2.24) is 9.97 Å². The van der Waals surface area contributed by atoms with E-state index in [0.717, 1.165) is 11.5 Å². The van der Waals surface area contributed by atoms with Crippen molar-refractivity contribution in [2.45, 2.75) is 44.3 Å². The summed E-state index contributed by atoms with van der Waals surface area (Å²) in [7, 11) is 0. The number of hydrogen-bond acceptors (Lipinski definition) is 4. The summed E-state index contributed by atoms with van der Waals surface area (Å²) in [6, 6.07) is 1.89. The maximum atomic E-state index is 5.84. The summed E-state index contributed by atoms with van der Waals surface area (Å²) in [5.74, 6) is 3.19. The second-order valence-corrected chi connectivity index (χ2v) is 5.90. The van der Waals surface area contributed by atoms with Crippen molar-refractivity contribution in [3.63, 3.8) is 0 Å². The van der Waals surface area contributed by atoms with Crippen LogP contribution in [0.15, 0.2) is 6.07 Å². The molecule has 1 aromatic heterocycles. The number of nitrogen functional groups attached to an aromatic ring is 1. The zero-order valence-electron chi connectivity index (χ0n) is 9.94. The van der Waals surface area contributed by atoms with Gasteiger partial charge >= 0.3 is 0 Å². The molecule has 0 aromatic carbocycles. The lowest BCUT2D eigenvalue weighted by molar-refractivity contribution is 0.655. The lowest BCUT2D eigenvalue weighted by Gasteiger charge is -2.20. The van der Waals surface area contributed by atoms with Crippen LogP contribution in [0.3, 0.4) is 0 Å². The molecule has 0 spiro atoms. The average Bonchev–Trinajstić information content (AvgIpc) is 2.29. The molecule has 0 bridgehead atoms. The van der Waals surface area contributed by atoms with Crippen molar-refractivity contribution in [3.8, 4) is 0 Å². The number of anilines is 1. The van der Waals surface area contributed by atoms with Gasteiger partial charge in [0.1, 0.15) is 11.6 Å². The van der Waals surface area contributed by atoms with Crippen molar-refractivity contribution in [2.75, 3.05) is 11.5 Å². The topological polar surface area (TPSA) is 51.8 Å². The third kappa shape index (κ3) is 2.67. The van der Waals surface area contributed by atoms with Gasteiger partial charge in [-0.15, -0.1) is 0 Å². The lowest BCUT2D eigenvalue weighted by atomic mass is 10.1. The maximum absolute atomic E-state index is 5.84. The molecule has 0 aliphatic carbocycles. The molecule has 1 aromatic rings. The molecule has 2 heterocycles. The number of nitrogens with zero attached hydrogens (tertiary/aromatic N) is 2. The Morgan fingerprint density at radius 1 is 1.38 bits per heavy atom. The first-order valence-electron chi connectivity index (χ1n) is 5.93. The average molecular weight is 237 g/mol. The fraction of sp³-hybridized carbons (Fsp3) is 0.667. The Hall–Kier alpha value is -0.770. The van der Waals surface area contributed by atoms with Crippen LogP contribution >= 0.6 is 11.8 Å². The molecular weight excluding hydrogens is 218 g/mol. The van der Waals surface area contributed by atoms with Crippen LogP contribution in [-0.2, 0) is 0 Å². The summed E-state index contributed by atoms with van der Waals surface area (Å²) in [5, 5.41) is 0.453. The van der Waals surface area contributed by atoms with Crippen LogP contribution in [0.5, 0.6) is 0 Å². The smallest absolute Gasteiger partial charge is 0.143 e. The molecule has 1 unspecified atom stereocenters. The highest BCUT2D eigenvalue weighted by Gasteiger charge is 2.20. The van der Waals surface area contributed by atoms with E-state index in [2.05, 4.69) is 23.8 Å². The van der Waals surface area contributed by atoms with E-state index in [-0.39, 0.29) is 0 Å². The van der Waals surface area contributed by atoms with Gasteiger partial charge in [-0.05, 0) is 24.5 Å². The summed E-state index contributed by atoms with van der Waals surface area (Å²) in [6.45, 7) is 4.28. The van der Waals surface area contributed by atoms with Crippen molar-refractivity contribution in [1.29, 1.82) is 0 Å². The van der Waals surface area contributed by atoms with Gasteiger partial charge in [-0.25, -0.2) is 9.97 Å². The molecule has 0 radical (unpaired) electrons. The van der Waals surface area contributed by atoms with Crippen molar-refractivity contribution in [3.05, 3.63) is 17.6 Å². The number of thioether (sulfide) groups is 1. The van der Waals surface area contributed by atoms with Gasteiger partial charge in [-0.3, -0.25) is 0 Å². The lowest BCUT2D eigenvalue weighted by Crippen LogP contribution is -2.10. The van der Waals surface area contributed by atoms with E-state index < -0.39 is 0 Å². The largest absolute Gasteiger partial charge is 0.384 e. The van der Waals surface area contributed by atoms with Crippen LogP contribution in [0.4, 0.5) is 5.82 Å². The van der Waals surface area contributed by atoms with Crippen LogP contribution in [0.25, 0.3) is 0 Å². The molecule has 0 saturated carbocycles. The summed E-state index contributed by atoms with van der Waals surface area (Å²) in [5.41, 5.74) is 6.91. The van der Waals surface area contributed by atoms with Gasteiger partial charge < -0.3 is 5.73 Å². The molecule has 88 valence electrons. The van der Waals surface area contributed by atoms with Crippen LogP contribution in [0.2, 0.25) is 0 Å². The van der Waals surface area contributed by atoms with Crippen molar-refractivity contribution < 1.29 is 0 Å². The van der Waals surface area contributed by atoms with Gasteiger partial charge in [0, 0.05) is 11.8 Å². The summed E-state index contributed by atoms with van der Waals surface area (Å²) in [6.07, 6.45) is 3.79. The zero-order valence-corrected chi connectivity index (χ0v) is 10.8. The molecule has 2 rings (SSSR count). The zero-order chi connectivity index (χ0) is 11.5. The Kier molecular flexibility index (Phi) is 3.69. The minimum Gasteiger partial charge on any atom is -0.384 e. The van der Waals surface area contributed by atoms with E-state index in [0.29, 0.717) is 17.0 Å². The molecule has 0 amide bonds. The Labute approximate surface area is 101 Å². The van der Waals surface area contributed by atoms with E-state index in [1.165, 1.54) is 25.0 Å². The van der Waals surface area contributed by atoms with Gasteiger partial charge in [0.25, 0.3) is 0 Å². The number of aromatic nitrogens is 2. The summed E-state index contributed by atoms with van der Waals surface area (Å²) < 4.78 is 0. The monoisotopic (exact) mass is 237 g/mol. The maximum Gasteiger partial charge on any atom is 0.143 e. The van der Waals surface area contributed by atoms with Crippen LogP contribution in [-0.4, -0.2) is 15.7 Å². The second-order valence-electron chi connectivity index (χ2n) is 4.59.